The van der Waals surface area contributed by atoms with Gasteiger partial charge in [0.2, 0.25) is 11.8 Å². The quantitative estimate of drug-likeness (QED) is 0.484. The molecule has 8 nitrogen and oxygen atoms in total. The number of benzene rings is 2. The van der Waals surface area contributed by atoms with Crippen molar-refractivity contribution in [1.29, 1.82) is 0 Å². The molecule has 0 bridgehead atoms. The lowest BCUT2D eigenvalue weighted by atomic mass is 10.0. The van der Waals surface area contributed by atoms with Crippen LogP contribution >= 0.6 is 11.6 Å². The van der Waals surface area contributed by atoms with Crippen molar-refractivity contribution >= 4 is 28.9 Å². The van der Waals surface area contributed by atoms with E-state index in [9.17, 15) is 0 Å². The fraction of sp³-hybridized carbons (Fsp3) is 0.407. The first-order valence-electron chi connectivity index (χ1n) is 12.5. The summed E-state index contributed by atoms with van der Waals surface area (Å²) < 4.78 is 11.5. The van der Waals surface area contributed by atoms with Crippen LogP contribution in [0.4, 0.5) is 17.3 Å². The summed E-state index contributed by atoms with van der Waals surface area (Å²) in [5.74, 6) is 2.06. The number of piperidine rings is 1. The number of likely N-dealkylation sites (N-methyl/N-ethyl adjacent to an activating group) is 1. The Balaban J connectivity index is 1.24. The predicted octanol–water partition coefficient (Wildman–Crippen LogP) is 4.89. The molecular weight excluding hydrogens is 476 g/mol. The van der Waals surface area contributed by atoms with E-state index in [0.29, 0.717) is 28.6 Å². The molecule has 0 saturated carbocycles. The molecule has 3 heterocycles. The van der Waals surface area contributed by atoms with E-state index in [1.165, 1.54) is 50.9 Å². The van der Waals surface area contributed by atoms with Gasteiger partial charge in [-0.3, -0.25) is 4.90 Å². The average Bonchev–Trinajstić information content (AvgIpc) is 2.92. The van der Waals surface area contributed by atoms with Crippen molar-refractivity contribution < 1.29 is 9.47 Å². The number of para-hydroxylation sites is 1. The molecule has 2 aliphatic rings. The number of nitrogens with one attached hydrogen (secondary N) is 1. The number of nitrogens with zero attached hydrogens (tertiary/aromatic N) is 5. The van der Waals surface area contributed by atoms with E-state index < -0.39 is 0 Å². The van der Waals surface area contributed by atoms with E-state index in [2.05, 4.69) is 49.2 Å². The van der Waals surface area contributed by atoms with Gasteiger partial charge in [0.25, 0.3) is 0 Å². The van der Waals surface area contributed by atoms with Gasteiger partial charge in [-0.1, -0.05) is 29.8 Å². The van der Waals surface area contributed by atoms with Crippen molar-refractivity contribution in [2.75, 3.05) is 63.6 Å². The van der Waals surface area contributed by atoms with Crippen LogP contribution in [0.2, 0.25) is 5.02 Å². The van der Waals surface area contributed by atoms with E-state index in [-0.39, 0.29) is 0 Å². The molecule has 2 aliphatic heterocycles. The number of rotatable bonds is 7. The summed E-state index contributed by atoms with van der Waals surface area (Å²) in [6, 6.07) is 16.3. The smallest absolute Gasteiger partial charge is 0.243 e. The van der Waals surface area contributed by atoms with Gasteiger partial charge in [-0.2, -0.15) is 4.98 Å². The van der Waals surface area contributed by atoms with Gasteiger partial charge in [0.1, 0.15) is 16.5 Å². The molecule has 0 radical (unpaired) electrons. The van der Waals surface area contributed by atoms with Gasteiger partial charge in [0, 0.05) is 57.1 Å². The maximum absolute atomic E-state index is 6.27. The highest BCUT2D eigenvalue weighted by molar-refractivity contribution is 6.31. The van der Waals surface area contributed by atoms with Crippen molar-refractivity contribution in [3.05, 3.63) is 59.8 Å². The second-order valence-electron chi connectivity index (χ2n) is 9.33. The Hall–Kier alpha value is -3.07. The molecule has 0 atom stereocenters. The van der Waals surface area contributed by atoms with Crippen LogP contribution in [-0.2, 0) is 0 Å². The number of ether oxygens (including phenoxy) is 2. The zero-order valence-corrected chi connectivity index (χ0v) is 21.6. The summed E-state index contributed by atoms with van der Waals surface area (Å²) in [7, 11) is 3.89. The lowest BCUT2D eigenvalue weighted by Crippen LogP contribution is -2.52. The first-order chi connectivity index (χ1) is 17.6. The van der Waals surface area contributed by atoms with Crippen molar-refractivity contribution in [2.45, 2.75) is 18.9 Å². The highest BCUT2D eigenvalue weighted by atomic mass is 35.5. The summed E-state index contributed by atoms with van der Waals surface area (Å²) in [5, 5.41) is 3.59. The normalized spacial score (nSPS) is 17.7. The zero-order chi connectivity index (χ0) is 24.9. The van der Waals surface area contributed by atoms with E-state index in [1.54, 1.807) is 7.11 Å². The Kier molecular flexibility index (Phi) is 7.75. The van der Waals surface area contributed by atoms with Gasteiger partial charge in [-0.15, -0.1) is 0 Å². The standard InChI is InChI=1S/C27H33ClN6O2/c1-32-14-16-34(17-15-32)20-10-12-33(13-11-20)21-8-9-24(25(18-21)35-2)30-27-29-19-23(28)26(31-27)36-22-6-4-3-5-7-22/h3-9,18-20H,10-17H2,1-2H3,(H,29,30,31). The first-order valence-corrected chi connectivity index (χ1v) is 12.8. The van der Waals surface area contributed by atoms with E-state index in [4.69, 9.17) is 21.1 Å². The lowest BCUT2D eigenvalue weighted by molar-refractivity contribution is 0.0982. The van der Waals surface area contributed by atoms with Crippen molar-refractivity contribution in [1.82, 2.24) is 19.8 Å². The third-order valence-electron chi connectivity index (χ3n) is 6.99. The van der Waals surface area contributed by atoms with Crippen LogP contribution in [0.5, 0.6) is 17.4 Å². The minimum absolute atomic E-state index is 0.291. The number of aromatic nitrogens is 2. The number of hydrogen-bond donors (Lipinski definition) is 1. The number of hydrogen-bond acceptors (Lipinski definition) is 8. The number of halogens is 1. The van der Waals surface area contributed by atoms with Crippen LogP contribution in [0.15, 0.2) is 54.7 Å². The van der Waals surface area contributed by atoms with Crippen molar-refractivity contribution in [2.24, 2.45) is 0 Å². The van der Waals surface area contributed by atoms with Crippen LogP contribution in [0.25, 0.3) is 0 Å². The maximum Gasteiger partial charge on any atom is 0.243 e. The Morgan fingerprint density at radius 3 is 2.44 bits per heavy atom. The molecule has 2 saturated heterocycles. The van der Waals surface area contributed by atoms with Gasteiger partial charge in [-0.05, 0) is 44.2 Å². The Bertz CT molecular complexity index is 1150. The second-order valence-corrected chi connectivity index (χ2v) is 9.74. The molecule has 190 valence electrons. The molecule has 1 aromatic heterocycles. The van der Waals surface area contributed by atoms with Gasteiger partial charge >= 0.3 is 0 Å². The fourth-order valence-electron chi connectivity index (χ4n) is 4.86. The third kappa shape index (κ3) is 5.83. The number of anilines is 3. The Labute approximate surface area is 217 Å². The number of methoxy groups -OCH3 is 1. The maximum atomic E-state index is 6.27. The molecule has 36 heavy (non-hydrogen) atoms. The minimum atomic E-state index is 0.291. The summed E-state index contributed by atoms with van der Waals surface area (Å²) in [6.45, 7) is 6.80. The van der Waals surface area contributed by atoms with Crippen LogP contribution in [0.3, 0.4) is 0 Å². The van der Waals surface area contributed by atoms with Crippen LogP contribution < -0.4 is 19.7 Å². The van der Waals surface area contributed by atoms with E-state index in [0.717, 1.165) is 24.5 Å². The largest absolute Gasteiger partial charge is 0.494 e. The molecule has 0 aliphatic carbocycles. The van der Waals surface area contributed by atoms with Gasteiger partial charge in [0.05, 0.1) is 19.0 Å². The topological polar surface area (TPSA) is 66.0 Å². The van der Waals surface area contributed by atoms with Crippen LogP contribution in [0, 0.1) is 0 Å². The highest BCUT2D eigenvalue weighted by Crippen LogP contribution is 2.34. The average molecular weight is 509 g/mol. The zero-order valence-electron chi connectivity index (χ0n) is 20.9. The predicted molar refractivity (Wildman–Crippen MR) is 144 cm³/mol. The monoisotopic (exact) mass is 508 g/mol. The van der Waals surface area contributed by atoms with Gasteiger partial charge in [-0.25, -0.2) is 4.98 Å². The van der Waals surface area contributed by atoms with Crippen molar-refractivity contribution in [3.63, 3.8) is 0 Å². The molecule has 9 heteroatoms. The molecule has 3 aromatic rings. The second kappa shape index (κ2) is 11.3. The van der Waals surface area contributed by atoms with Gasteiger partial charge in [0.15, 0.2) is 0 Å². The number of piperazine rings is 1. The molecule has 2 aromatic carbocycles. The molecule has 5 rings (SSSR count). The molecule has 1 N–H and O–H groups in total. The molecular formula is C27H33ClN6O2. The summed E-state index contributed by atoms with van der Waals surface area (Å²) in [4.78, 5) is 16.3. The van der Waals surface area contributed by atoms with Crippen LogP contribution in [-0.4, -0.2) is 79.2 Å². The third-order valence-corrected chi connectivity index (χ3v) is 7.24. The Morgan fingerprint density at radius 1 is 0.972 bits per heavy atom. The highest BCUT2D eigenvalue weighted by Gasteiger charge is 2.27. The molecule has 0 unspecified atom stereocenters. The lowest BCUT2D eigenvalue weighted by Gasteiger charge is -2.42. The van der Waals surface area contributed by atoms with E-state index >= 15 is 0 Å². The molecule has 2 fully saturated rings. The molecule has 0 spiro atoms. The van der Waals surface area contributed by atoms with Crippen LogP contribution in [0.1, 0.15) is 12.8 Å². The SMILES string of the molecule is COc1cc(N2CCC(N3CCN(C)CC3)CC2)ccc1Nc1ncc(Cl)c(Oc2ccccc2)n1. The van der Waals surface area contributed by atoms with E-state index in [1.807, 2.05) is 36.4 Å². The minimum Gasteiger partial charge on any atom is -0.494 e. The first kappa shape index (κ1) is 24.6. The fourth-order valence-corrected chi connectivity index (χ4v) is 4.99. The summed E-state index contributed by atoms with van der Waals surface area (Å²) in [6.07, 6.45) is 3.91. The Morgan fingerprint density at radius 2 is 1.72 bits per heavy atom. The molecule has 0 amide bonds. The summed E-state index contributed by atoms with van der Waals surface area (Å²) >= 11 is 6.27. The van der Waals surface area contributed by atoms with Crippen molar-refractivity contribution in [3.8, 4) is 17.4 Å². The van der Waals surface area contributed by atoms with Gasteiger partial charge < -0.3 is 24.6 Å². The summed E-state index contributed by atoms with van der Waals surface area (Å²) in [5.41, 5.74) is 1.95.